The number of imidazole rings is 1. The Kier molecular flexibility index (Phi) is 4.94. The van der Waals surface area contributed by atoms with Crippen molar-refractivity contribution in [3.8, 4) is 0 Å². The van der Waals surface area contributed by atoms with Crippen LogP contribution in [0, 0.1) is 11.7 Å². The van der Waals surface area contributed by atoms with Gasteiger partial charge in [0, 0.05) is 17.9 Å². The van der Waals surface area contributed by atoms with E-state index >= 15 is 0 Å². The Morgan fingerprint density at radius 3 is 2.59 bits per heavy atom. The summed E-state index contributed by atoms with van der Waals surface area (Å²) in [6.07, 6.45) is 5.20. The Balaban J connectivity index is 1.51. The number of carbonyl (C=O) groups is 1. The van der Waals surface area contributed by atoms with Gasteiger partial charge in [-0.3, -0.25) is 4.57 Å². The van der Waals surface area contributed by atoms with Crippen LogP contribution < -0.4 is 0 Å². The van der Waals surface area contributed by atoms with Crippen molar-refractivity contribution in [1.29, 1.82) is 0 Å². The van der Waals surface area contributed by atoms with E-state index in [4.69, 9.17) is 17.0 Å². The highest BCUT2D eigenvalue weighted by Gasteiger charge is 2.21. The number of rotatable bonds is 4. The number of carbonyl (C=O) groups excluding carboxylic acids is 1. The largest absolute Gasteiger partial charge is 0.440 e. The van der Waals surface area contributed by atoms with Crippen molar-refractivity contribution in [2.75, 3.05) is 0 Å². The maximum Gasteiger partial charge on any atom is 0.339 e. The number of aromatic nitrogens is 2. The van der Waals surface area contributed by atoms with Crippen LogP contribution in [0.15, 0.2) is 60.8 Å². The molecule has 0 N–H and O–H groups in total. The summed E-state index contributed by atoms with van der Waals surface area (Å²) >= 11 is 5.70. The first-order valence-electron chi connectivity index (χ1n) is 9.20. The van der Waals surface area contributed by atoms with Crippen LogP contribution in [0.25, 0.3) is 0 Å². The normalized spacial score (nSPS) is 16.0. The fraction of sp³-hybridized carbons (Fsp3) is 0.273. The second-order valence-corrected chi connectivity index (χ2v) is 7.35. The van der Waals surface area contributed by atoms with Crippen molar-refractivity contribution >= 4 is 18.2 Å². The maximum absolute atomic E-state index is 12.2. The molecule has 1 aliphatic carbocycles. The molecule has 0 radical (unpaired) electrons. The van der Waals surface area contributed by atoms with E-state index in [9.17, 15) is 4.79 Å². The van der Waals surface area contributed by atoms with E-state index in [-0.39, 0.29) is 12.7 Å². The number of esters is 1. The molecule has 2 aromatic carbocycles. The Morgan fingerprint density at radius 1 is 1.11 bits per heavy atom. The lowest BCUT2D eigenvalue weighted by Gasteiger charge is -2.25. The minimum absolute atomic E-state index is 0.134. The smallest absolute Gasteiger partial charge is 0.339 e. The van der Waals surface area contributed by atoms with Gasteiger partial charge in [0.15, 0.2) is 11.5 Å². The molecule has 1 aromatic heterocycles. The number of fused-ring (bicyclic) bond motifs is 1. The molecule has 3 aromatic rings. The molecule has 1 unspecified atom stereocenters. The predicted molar refractivity (Wildman–Crippen MR) is 107 cm³/mol. The zero-order chi connectivity index (χ0) is 18.8. The predicted octanol–water partition coefficient (Wildman–Crippen LogP) is 4.87. The second-order valence-electron chi connectivity index (χ2n) is 6.98. The monoisotopic (exact) mass is 378 g/mol. The molecule has 4 rings (SSSR count). The van der Waals surface area contributed by atoms with Crippen LogP contribution in [0.1, 0.15) is 39.6 Å². The lowest BCUT2D eigenvalue weighted by molar-refractivity contribution is 0.0365. The molecule has 1 heterocycles. The lowest BCUT2D eigenvalue weighted by atomic mass is 9.88. The van der Waals surface area contributed by atoms with Crippen molar-refractivity contribution in [3.63, 3.8) is 0 Å². The number of nitrogens with zero attached hydrogens (tertiary/aromatic N) is 2. The highest BCUT2D eigenvalue weighted by Crippen LogP contribution is 2.29. The zero-order valence-electron chi connectivity index (χ0n) is 15.3. The van der Waals surface area contributed by atoms with E-state index in [0.717, 1.165) is 25.0 Å². The van der Waals surface area contributed by atoms with Gasteiger partial charge in [-0.25, -0.2) is 4.79 Å². The van der Waals surface area contributed by atoms with Crippen LogP contribution in [-0.4, -0.2) is 15.1 Å². The highest BCUT2D eigenvalue weighted by molar-refractivity contribution is 7.71. The Bertz CT molecular complexity index is 1020. The minimum atomic E-state index is -0.337. The summed E-state index contributed by atoms with van der Waals surface area (Å²) in [6, 6.07) is 18.0. The van der Waals surface area contributed by atoms with Crippen LogP contribution in [0.4, 0.5) is 0 Å². The van der Waals surface area contributed by atoms with Crippen molar-refractivity contribution in [1.82, 2.24) is 9.13 Å². The zero-order valence-corrected chi connectivity index (χ0v) is 16.1. The third-order valence-electron chi connectivity index (χ3n) is 5.25. The van der Waals surface area contributed by atoms with E-state index in [1.807, 2.05) is 29.7 Å². The first-order valence-corrected chi connectivity index (χ1v) is 9.61. The fourth-order valence-corrected chi connectivity index (χ4v) is 4.13. The summed E-state index contributed by atoms with van der Waals surface area (Å²) < 4.78 is 10.2. The SMILES string of the molecule is Cc1cn(C2CCc3ccccc3C2)c(=S)n1COC(=O)c1ccccc1. The minimum Gasteiger partial charge on any atom is -0.440 e. The molecule has 0 bridgehead atoms. The Labute approximate surface area is 164 Å². The fourth-order valence-electron chi connectivity index (χ4n) is 3.73. The number of ether oxygens (including phenoxy) is 1. The van der Waals surface area contributed by atoms with E-state index in [1.165, 1.54) is 11.1 Å². The van der Waals surface area contributed by atoms with Crippen LogP contribution in [0.5, 0.6) is 0 Å². The summed E-state index contributed by atoms with van der Waals surface area (Å²) in [6.45, 7) is 2.13. The standard InChI is InChI=1S/C22H22N2O2S/c1-16-14-23(20-12-11-17-7-5-6-10-19(17)13-20)22(27)24(16)15-26-21(25)18-8-3-2-4-9-18/h2-10,14,20H,11-13,15H2,1H3. The molecule has 4 nitrogen and oxygen atoms in total. The molecule has 5 heteroatoms. The molecule has 27 heavy (non-hydrogen) atoms. The van der Waals surface area contributed by atoms with Gasteiger partial charge < -0.3 is 9.30 Å². The van der Waals surface area contributed by atoms with Crippen molar-refractivity contribution < 1.29 is 9.53 Å². The van der Waals surface area contributed by atoms with Gasteiger partial charge in [0.1, 0.15) is 0 Å². The maximum atomic E-state index is 12.2. The molecule has 0 spiro atoms. The molecule has 1 aliphatic rings. The first-order chi connectivity index (χ1) is 13.1. The van der Waals surface area contributed by atoms with Gasteiger partial charge in [0.25, 0.3) is 0 Å². The van der Waals surface area contributed by atoms with Crippen LogP contribution in [0.2, 0.25) is 0 Å². The van der Waals surface area contributed by atoms with Crippen LogP contribution >= 0.6 is 12.2 Å². The van der Waals surface area contributed by atoms with Crippen molar-refractivity contribution in [3.05, 3.63) is 87.9 Å². The van der Waals surface area contributed by atoms with Gasteiger partial charge in [-0.1, -0.05) is 42.5 Å². The molecule has 0 fully saturated rings. The van der Waals surface area contributed by atoms with Gasteiger partial charge >= 0.3 is 5.97 Å². The molecule has 1 atom stereocenters. The quantitative estimate of drug-likeness (QED) is 0.480. The van der Waals surface area contributed by atoms with E-state index < -0.39 is 0 Å². The first kappa shape index (κ1) is 17.7. The Morgan fingerprint density at radius 2 is 1.81 bits per heavy atom. The van der Waals surface area contributed by atoms with E-state index in [2.05, 4.69) is 35.0 Å². The van der Waals surface area contributed by atoms with E-state index in [0.29, 0.717) is 16.4 Å². The topological polar surface area (TPSA) is 36.2 Å². The molecule has 0 amide bonds. The third-order valence-corrected chi connectivity index (χ3v) is 5.68. The molecule has 138 valence electrons. The number of hydrogen-bond donors (Lipinski definition) is 0. The van der Waals surface area contributed by atoms with Gasteiger partial charge in [-0.2, -0.15) is 0 Å². The highest BCUT2D eigenvalue weighted by atomic mass is 32.1. The summed E-state index contributed by atoms with van der Waals surface area (Å²) in [7, 11) is 0. The summed E-state index contributed by atoms with van der Waals surface area (Å²) in [5.41, 5.74) is 4.38. The summed E-state index contributed by atoms with van der Waals surface area (Å²) in [5.74, 6) is -0.337. The molecular formula is C22H22N2O2S. The molecular weight excluding hydrogens is 356 g/mol. The number of benzene rings is 2. The average Bonchev–Trinajstić information content (AvgIpc) is 3.00. The van der Waals surface area contributed by atoms with Crippen molar-refractivity contribution in [2.24, 2.45) is 0 Å². The molecule has 0 aliphatic heterocycles. The molecule has 0 saturated carbocycles. The third kappa shape index (κ3) is 3.60. The Hall–Kier alpha value is -2.66. The number of hydrogen-bond acceptors (Lipinski definition) is 3. The van der Waals surface area contributed by atoms with Gasteiger partial charge in [-0.15, -0.1) is 0 Å². The van der Waals surface area contributed by atoms with Crippen LogP contribution in [-0.2, 0) is 24.3 Å². The second kappa shape index (κ2) is 7.53. The average molecular weight is 378 g/mol. The van der Waals surface area contributed by atoms with Gasteiger partial charge in [-0.05, 0) is 61.7 Å². The number of aryl methyl sites for hydroxylation is 2. The van der Waals surface area contributed by atoms with Crippen LogP contribution in [0.3, 0.4) is 0 Å². The summed E-state index contributed by atoms with van der Waals surface area (Å²) in [4.78, 5) is 12.2. The lowest BCUT2D eigenvalue weighted by Crippen LogP contribution is -2.19. The van der Waals surface area contributed by atoms with Gasteiger partial charge in [0.2, 0.25) is 0 Å². The molecule has 0 saturated heterocycles. The summed E-state index contributed by atoms with van der Waals surface area (Å²) in [5, 5.41) is 0. The van der Waals surface area contributed by atoms with Gasteiger partial charge in [0.05, 0.1) is 5.56 Å². The van der Waals surface area contributed by atoms with E-state index in [1.54, 1.807) is 12.1 Å². The van der Waals surface area contributed by atoms with Crippen molar-refractivity contribution in [2.45, 2.75) is 39.0 Å².